The second-order valence-electron chi connectivity index (χ2n) is 4.45. The van der Waals surface area contributed by atoms with Crippen LogP contribution in [0.4, 0.5) is 0 Å². The summed E-state index contributed by atoms with van der Waals surface area (Å²) in [5.74, 6) is 0. The fourth-order valence-electron chi connectivity index (χ4n) is 1.34. The van der Waals surface area contributed by atoms with Crippen molar-refractivity contribution < 1.29 is 24.9 Å². The van der Waals surface area contributed by atoms with Gasteiger partial charge in [-0.1, -0.05) is 0 Å². The number of hydrogen-bond acceptors (Lipinski definition) is 6. The molecule has 0 aromatic carbocycles. The van der Waals surface area contributed by atoms with Gasteiger partial charge >= 0.3 is 0 Å². The second-order valence-corrected chi connectivity index (χ2v) is 4.45. The summed E-state index contributed by atoms with van der Waals surface area (Å²) in [5, 5.41) is 29.1. The van der Waals surface area contributed by atoms with Crippen molar-refractivity contribution in [1.29, 1.82) is 0 Å². The molecule has 0 radical (unpaired) electrons. The Bertz CT molecular complexity index is 171. The van der Waals surface area contributed by atoms with Crippen LogP contribution in [0.15, 0.2) is 0 Å². The maximum atomic E-state index is 9.78. The molecular formula is C10H23NO5. The molecule has 0 amide bonds. The first kappa shape index (κ1) is 15.8. The average Bonchev–Trinajstić information content (AvgIpc) is 2.06. The predicted octanol–water partition coefficient (Wildman–Crippen LogP) is -0.314. The molecule has 0 heterocycles. The van der Waals surface area contributed by atoms with Gasteiger partial charge in [0, 0.05) is 0 Å². The molecule has 0 saturated carbocycles. The largest absolute Gasteiger partial charge is 0.394 e. The van der Waals surface area contributed by atoms with Gasteiger partial charge in [0.25, 0.3) is 0 Å². The van der Waals surface area contributed by atoms with E-state index in [1.54, 1.807) is 0 Å². The summed E-state index contributed by atoms with van der Waals surface area (Å²) >= 11 is 0. The Morgan fingerprint density at radius 3 is 1.81 bits per heavy atom. The Morgan fingerprint density at radius 1 is 0.938 bits per heavy atom. The third-order valence-electron chi connectivity index (χ3n) is 1.68. The Balaban J connectivity index is 4.06. The lowest BCUT2D eigenvalue weighted by Gasteiger charge is -2.40. The molecule has 0 aromatic heterocycles. The SMILES string of the molecule is CC(C)(O)N(OCCOCCO)C(C)(C)O. The minimum atomic E-state index is -1.30. The average molecular weight is 237 g/mol. The molecule has 0 unspecified atom stereocenters. The van der Waals surface area contributed by atoms with Gasteiger partial charge in [0.15, 0.2) is 0 Å². The molecule has 0 saturated heterocycles. The minimum absolute atomic E-state index is 0.0410. The van der Waals surface area contributed by atoms with Crippen molar-refractivity contribution in [2.45, 2.75) is 39.1 Å². The van der Waals surface area contributed by atoms with Gasteiger partial charge < -0.3 is 20.1 Å². The molecule has 0 spiro atoms. The summed E-state index contributed by atoms with van der Waals surface area (Å²) < 4.78 is 4.99. The highest BCUT2D eigenvalue weighted by atomic mass is 16.7. The van der Waals surface area contributed by atoms with E-state index in [1.807, 2.05) is 0 Å². The van der Waals surface area contributed by atoms with Crippen LogP contribution in [0.3, 0.4) is 0 Å². The first-order valence-electron chi connectivity index (χ1n) is 5.26. The third kappa shape index (κ3) is 6.37. The van der Waals surface area contributed by atoms with Gasteiger partial charge in [0.2, 0.25) is 0 Å². The van der Waals surface area contributed by atoms with Crippen molar-refractivity contribution in [1.82, 2.24) is 5.06 Å². The Morgan fingerprint density at radius 2 is 1.44 bits per heavy atom. The molecule has 0 aromatic rings. The van der Waals surface area contributed by atoms with Crippen LogP contribution in [0.5, 0.6) is 0 Å². The van der Waals surface area contributed by atoms with Crippen LogP contribution in [0.25, 0.3) is 0 Å². The van der Waals surface area contributed by atoms with Crippen molar-refractivity contribution in [3.63, 3.8) is 0 Å². The molecule has 0 rings (SSSR count). The van der Waals surface area contributed by atoms with E-state index in [0.29, 0.717) is 0 Å². The zero-order chi connectivity index (χ0) is 12.8. The van der Waals surface area contributed by atoms with Crippen LogP contribution in [0, 0.1) is 0 Å². The predicted molar refractivity (Wildman–Crippen MR) is 58.3 cm³/mol. The first-order valence-corrected chi connectivity index (χ1v) is 5.26. The van der Waals surface area contributed by atoms with Crippen LogP contribution >= 0.6 is 0 Å². The van der Waals surface area contributed by atoms with Crippen LogP contribution in [-0.4, -0.2) is 58.3 Å². The molecule has 0 fully saturated rings. The summed E-state index contributed by atoms with van der Waals surface area (Å²) in [6.07, 6.45) is 0. The molecule has 0 bridgehead atoms. The minimum Gasteiger partial charge on any atom is -0.394 e. The second kappa shape index (κ2) is 6.48. The number of hydroxylamine groups is 2. The van der Waals surface area contributed by atoms with Gasteiger partial charge in [-0.05, 0) is 27.7 Å². The summed E-state index contributed by atoms with van der Waals surface area (Å²) in [6.45, 7) is 6.73. The molecule has 16 heavy (non-hydrogen) atoms. The lowest BCUT2D eigenvalue weighted by Crippen LogP contribution is -2.55. The molecule has 6 nitrogen and oxygen atoms in total. The zero-order valence-electron chi connectivity index (χ0n) is 10.4. The summed E-state index contributed by atoms with van der Waals surface area (Å²) in [4.78, 5) is 5.24. The van der Waals surface area contributed by atoms with E-state index in [4.69, 9.17) is 14.7 Å². The smallest absolute Gasteiger partial charge is 0.138 e. The van der Waals surface area contributed by atoms with E-state index >= 15 is 0 Å². The Kier molecular flexibility index (Phi) is 6.39. The molecule has 0 aliphatic rings. The fraction of sp³-hybridized carbons (Fsp3) is 1.00. The van der Waals surface area contributed by atoms with E-state index in [0.717, 1.165) is 5.06 Å². The van der Waals surface area contributed by atoms with Gasteiger partial charge in [0.1, 0.15) is 11.4 Å². The molecule has 98 valence electrons. The Hall–Kier alpha value is -0.240. The van der Waals surface area contributed by atoms with Crippen molar-refractivity contribution in [3.8, 4) is 0 Å². The van der Waals surface area contributed by atoms with Gasteiger partial charge in [-0.3, -0.25) is 4.84 Å². The Labute approximate surface area is 96.3 Å². The molecular weight excluding hydrogens is 214 g/mol. The van der Waals surface area contributed by atoms with E-state index < -0.39 is 11.4 Å². The highest BCUT2D eigenvalue weighted by molar-refractivity contribution is 4.70. The topological polar surface area (TPSA) is 82.4 Å². The summed E-state index contributed by atoms with van der Waals surface area (Å²) in [6, 6.07) is 0. The maximum absolute atomic E-state index is 9.78. The number of hydrogen-bond donors (Lipinski definition) is 3. The van der Waals surface area contributed by atoms with Gasteiger partial charge in [-0.15, -0.1) is 5.06 Å². The van der Waals surface area contributed by atoms with Crippen LogP contribution < -0.4 is 0 Å². The van der Waals surface area contributed by atoms with Crippen molar-refractivity contribution in [2.24, 2.45) is 0 Å². The van der Waals surface area contributed by atoms with E-state index in [9.17, 15) is 10.2 Å². The number of ether oxygens (including phenoxy) is 1. The van der Waals surface area contributed by atoms with Crippen LogP contribution in [-0.2, 0) is 9.57 Å². The molecule has 0 atom stereocenters. The molecule has 0 aliphatic carbocycles. The van der Waals surface area contributed by atoms with Crippen LogP contribution in [0.1, 0.15) is 27.7 Å². The van der Waals surface area contributed by atoms with Gasteiger partial charge in [-0.25, -0.2) is 0 Å². The highest BCUT2D eigenvalue weighted by Gasteiger charge is 2.36. The number of aliphatic hydroxyl groups is 3. The monoisotopic (exact) mass is 237 g/mol. The fourth-order valence-corrected chi connectivity index (χ4v) is 1.34. The number of aliphatic hydroxyl groups excluding tert-OH is 1. The summed E-state index contributed by atoms with van der Waals surface area (Å²) in [7, 11) is 0. The molecule has 6 heteroatoms. The van der Waals surface area contributed by atoms with E-state index in [1.165, 1.54) is 27.7 Å². The lowest BCUT2D eigenvalue weighted by molar-refractivity contribution is -0.367. The van der Waals surface area contributed by atoms with Gasteiger partial charge in [0.05, 0.1) is 26.4 Å². The van der Waals surface area contributed by atoms with E-state index in [-0.39, 0.29) is 26.4 Å². The normalized spacial score (nSPS) is 13.5. The zero-order valence-corrected chi connectivity index (χ0v) is 10.4. The number of nitrogens with zero attached hydrogens (tertiary/aromatic N) is 1. The molecule has 0 aliphatic heterocycles. The van der Waals surface area contributed by atoms with E-state index in [2.05, 4.69) is 0 Å². The standard InChI is InChI=1S/C10H23NO5/c1-9(2,13)11(10(3,4)14)16-8-7-15-6-5-12/h12-14H,5-8H2,1-4H3. The van der Waals surface area contributed by atoms with Crippen molar-refractivity contribution in [3.05, 3.63) is 0 Å². The van der Waals surface area contributed by atoms with Crippen molar-refractivity contribution >= 4 is 0 Å². The molecule has 3 N–H and O–H groups in total. The highest BCUT2D eigenvalue weighted by Crippen LogP contribution is 2.21. The summed E-state index contributed by atoms with van der Waals surface area (Å²) in [5.41, 5.74) is -2.59. The maximum Gasteiger partial charge on any atom is 0.138 e. The van der Waals surface area contributed by atoms with Gasteiger partial charge in [-0.2, -0.15) is 0 Å². The van der Waals surface area contributed by atoms with Crippen LogP contribution in [0.2, 0.25) is 0 Å². The first-order chi connectivity index (χ1) is 7.19. The number of rotatable bonds is 8. The lowest BCUT2D eigenvalue weighted by atomic mass is 10.2. The van der Waals surface area contributed by atoms with Crippen molar-refractivity contribution in [2.75, 3.05) is 26.4 Å². The third-order valence-corrected chi connectivity index (χ3v) is 1.68. The quantitative estimate of drug-likeness (QED) is 0.305.